The molecule has 0 saturated carbocycles. The van der Waals surface area contributed by atoms with Crippen molar-refractivity contribution in [3.05, 3.63) is 45.6 Å². The van der Waals surface area contributed by atoms with Crippen LogP contribution in [0.15, 0.2) is 40.0 Å². The number of hydrogen-bond acceptors (Lipinski definition) is 3. The van der Waals surface area contributed by atoms with Crippen LogP contribution in [-0.2, 0) is 9.53 Å². The lowest BCUT2D eigenvalue weighted by atomic mass is 10.2. The second kappa shape index (κ2) is 10.4. The second-order valence-electron chi connectivity index (χ2n) is 5.01. The molecular formula is C17H20F2INO3. The maximum Gasteiger partial charge on any atom is 0.381 e. The number of carbonyl (C=O) groups excluding carboxylic acids is 2. The summed E-state index contributed by atoms with van der Waals surface area (Å²) in [6.07, 6.45) is 2.33. The maximum absolute atomic E-state index is 13.5. The molecule has 4 nitrogen and oxygen atoms in total. The predicted molar refractivity (Wildman–Crippen MR) is 96.3 cm³/mol. The van der Waals surface area contributed by atoms with Crippen LogP contribution >= 0.6 is 22.6 Å². The Labute approximate surface area is 153 Å². The van der Waals surface area contributed by atoms with E-state index in [9.17, 15) is 18.4 Å². The van der Waals surface area contributed by atoms with Gasteiger partial charge in [-0.05, 0) is 64.5 Å². The Morgan fingerprint density at radius 1 is 1.25 bits per heavy atom. The highest BCUT2D eigenvalue weighted by Gasteiger charge is 2.38. The van der Waals surface area contributed by atoms with Crippen molar-refractivity contribution < 1.29 is 23.1 Å². The van der Waals surface area contributed by atoms with Gasteiger partial charge in [-0.3, -0.25) is 4.79 Å². The first-order chi connectivity index (χ1) is 11.4. The molecule has 0 aliphatic rings. The fraction of sp³-hybridized carbons (Fsp3) is 0.412. The molecule has 1 aromatic carbocycles. The monoisotopic (exact) mass is 451 g/mol. The van der Waals surface area contributed by atoms with Gasteiger partial charge >= 0.3 is 11.9 Å². The number of unbranched alkanes of at least 4 members (excludes halogenated alkanes) is 1. The van der Waals surface area contributed by atoms with E-state index in [1.807, 2.05) is 6.07 Å². The Hall–Kier alpha value is -1.51. The van der Waals surface area contributed by atoms with Crippen LogP contribution in [0.4, 0.5) is 8.78 Å². The largest absolute Gasteiger partial charge is 0.461 e. The molecule has 0 saturated heterocycles. The van der Waals surface area contributed by atoms with Crippen LogP contribution in [0.25, 0.3) is 0 Å². The third-order valence-electron chi connectivity index (χ3n) is 3.05. The third-order valence-corrected chi connectivity index (χ3v) is 3.90. The molecule has 0 aliphatic heterocycles. The van der Waals surface area contributed by atoms with E-state index >= 15 is 0 Å². The molecular weight excluding hydrogens is 431 g/mol. The highest BCUT2D eigenvalue weighted by atomic mass is 127. The van der Waals surface area contributed by atoms with Gasteiger partial charge < -0.3 is 10.1 Å². The average molecular weight is 451 g/mol. The minimum atomic E-state index is -3.60. The van der Waals surface area contributed by atoms with E-state index in [-0.39, 0.29) is 12.5 Å². The number of halogens is 3. The Bertz CT molecular complexity index is 576. The number of amides is 1. The number of nitrogens with one attached hydrogen (secondary N) is 1. The molecule has 0 radical (unpaired) electrons. The fourth-order valence-electron chi connectivity index (χ4n) is 1.87. The Kier molecular flexibility index (Phi) is 8.88. The van der Waals surface area contributed by atoms with Gasteiger partial charge in [0.05, 0.1) is 6.61 Å². The topological polar surface area (TPSA) is 55.4 Å². The zero-order valence-electron chi connectivity index (χ0n) is 13.4. The zero-order chi connectivity index (χ0) is 18.0. The standard InChI is InChI=1S/C17H20F2INO3/c1-2-24-16(23)17(18,19)12-14(20)10-6-7-11-21-15(22)13-8-4-3-5-9-13/h3-5,8-9,12H,2,6-7,10-11H2,1H3,(H,21,22). The lowest BCUT2D eigenvalue weighted by molar-refractivity contribution is -0.164. The van der Waals surface area contributed by atoms with E-state index in [4.69, 9.17) is 0 Å². The van der Waals surface area contributed by atoms with Crippen LogP contribution in [0.3, 0.4) is 0 Å². The molecule has 0 fully saturated rings. The first-order valence-corrected chi connectivity index (χ1v) is 8.70. The number of carbonyl (C=O) groups is 2. The Balaban J connectivity index is 2.30. The van der Waals surface area contributed by atoms with Crippen molar-refractivity contribution in [1.29, 1.82) is 0 Å². The molecule has 0 spiro atoms. The number of benzene rings is 1. The first-order valence-electron chi connectivity index (χ1n) is 7.62. The smallest absolute Gasteiger partial charge is 0.381 e. The van der Waals surface area contributed by atoms with Crippen LogP contribution in [0.5, 0.6) is 0 Å². The van der Waals surface area contributed by atoms with Gasteiger partial charge in [-0.15, -0.1) is 0 Å². The molecule has 0 atom stereocenters. The summed E-state index contributed by atoms with van der Waals surface area (Å²) in [6.45, 7) is 1.86. The van der Waals surface area contributed by atoms with Gasteiger partial charge in [-0.1, -0.05) is 18.2 Å². The van der Waals surface area contributed by atoms with Crippen molar-refractivity contribution in [2.45, 2.75) is 32.1 Å². The number of rotatable bonds is 9. The van der Waals surface area contributed by atoms with Crippen molar-refractivity contribution in [1.82, 2.24) is 5.32 Å². The number of ether oxygens (including phenoxy) is 1. The molecule has 1 N–H and O–H groups in total. The summed E-state index contributed by atoms with van der Waals surface area (Å²) in [5.41, 5.74) is 0.584. The molecule has 0 unspecified atom stereocenters. The van der Waals surface area contributed by atoms with E-state index in [0.29, 0.717) is 41.0 Å². The van der Waals surface area contributed by atoms with Gasteiger partial charge in [0.15, 0.2) is 0 Å². The van der Waals surface area contributed by atoms with Gasteiger partial charge in [-0.2, -0.15) is 8.78 Å². The molecule has 132 valence electrons. The summed E-state index contributed by atoms with van der Waals surface area (Å²) in [4.78, 5) is 22.9. The highest BCUT2D eigenvalue weighted by Crippen LogP contribution is 2.25. The van der Waals surface area contributed by atoms with Crippen LogP contribution in [0, 0.1) is 0 Å². The lowest BCUT2D eigenvalue weighted by Gasteiger charge is -2.11. The summed E-state index contributed by atoms with van der Waals surface area (Å²) in [5.74, 6) is -5.29. The van der Waals surface area contributed by atoms with Gasteiger partial charge in [0, 0.05) is 18.2 Å². The summed E-state index contributed by atoms with van der Waals surface area (Å²) in [6, 6.07) is 8.84. The Morgan fingerprint density at radius 2 is 1.92 bits per heavy atom. The van der Waals surface area contributed by atoms with Gasteiger partial charge in [-0.25, -0.2) is 4.79 Å². The molecule has 24 heavy (non-hydrogen) atoms. The predicted octanol–water partition coefficient (Wildman–Crippen LogP) is 4.10. The summed E-state index contributed by atoms with van der Waals surface area (Å²) >= 11 is 1.79. The Morgan fingerprint density at radius 3 is 2.54 bits per heavy atom. The van der Waals surface area contributed by atoms with Crippen molar-refractivity contribution in [3.8, 4) is 0 Å². The minimum Gasteiger partial charge on any atom is -0.461 e. The zero-order valence-corrected chi connectivity index (χ0v) is 15.5. The summed E-state index contributed by atoms with van der Waals surface area (Å²) in [5, 5.41) is 2.77. The highest BCUT2D eigenvalue weighted by molar-refractivity contribution is 14.1. The molecule has 1 rings (SSSR count). The second-order valence-corrected chi connectivity index (χ2v) is 6.40. The van der Waals surface area contributed by atoms with Crippen LogP contribution in [0.2, 0.25) is 0 Å². The summed E-state index contributed by atoms with van der Waals surface area (Å²) in [7, 11) is 0. The molecule has 1 amide bonds. The molecule has 0 bridgehead atoms. The van der Waals surface area contributed by atoms with E-state index in [1.54, 1.807) is 46.9 Å². The maximum atomic E-state index is 13.5. The number of allylic oxidation sites excluding steroid dienone is 1. The number of esters is 1. The minimum absolute atomic E-state index is 0.0834. The van der Waals surface area contributed by atoms with Crippen molar-refractivity contribution in [2.24, 2.45) is 0 Å². The van der Waals surface area contributed by atoms with Crippen LogP contribution in [0.1, 0.15) is 36.5 Å². The van der Waals surface area contributed by atoms with E-state index in [2.05, 4.69) is 10.1 Å². The molecule has 0 heterocycles. The number of alkyl halides is 2. The van der Waals surface area contributed by atoms with Crippen molar-refractivity contribution >= 4 is 34.5 Å². The van der Waals surface area contributed by atoms with Crippen LogP contribution in [-0.4, -0.2) is 31.0 Å². The van der Waals surface area contributed by atoms with E-state index < -0.39 is 11.9 Å². The van der Waals surface area contributed by atoms with E-state index in [1.165, 1.54) is 6.92 Å². The molecule has 1 aromatic rings. The molecule has 0 aromatic heterocycles. The van der Waals surface area contributed by atoms with E-state index in [0.717, 1.165) is 0 Å². The van der Waals surface area contributed by atoms with Crippen molar-refractivity contribution in [2.75, 3.05) is 13.2 Å². The summed E-state index contributed by atoms with van der Waals surface area (Å²) < 4.78 is 31.7. The van der Waals surface area contributed by atoms with Gasteiger partial charge in [0.1, 0.15) is 0 Å². The van der Waals surface area contributed by atoms with Gasteiger partial charge in [0.2, 0.25) is 0 Å². The number of hydrogen-bond donors (Lipinski definition) is 1. The molecule has 7 heteroatoms. The first kappa shape index (κ1) is 20.5. The quantitative estimate of drug-likeness (QED) is 0.350. The normalized spacial score (nSPS) is 11.9. The lowest BCUT2D eigenvalue weighted by Crippen LogP contribution is -2.28. The fourth-order valence-corrected chi connectivity index (χ4v) is 2.64. The van der Waals surface area contributed by atoms with Crippen LogP contribution < -0.4 is 5.32 Å². The van der Waals surface area contributed by atoms with Crippen molar-refractivity contribution in [3.63, 3.8) is 0 Å². The molecule has 0 aliphatic carbocycles. The average Bonchev–Trinajstić information content (AvgIpc) is 2.55. The van der Waals surface area contributed by atoms with Gasteiger partial charge in [0.25, 0.3) is 5.91 Å². The SMILES string of the molecule is CCOC(=O)C(F)(F)C=C(I)CCCCNC(=O)c1ccccc1. The third kappa shape index (κ3) is 7.37.